The maximum absolute atomic E-state index is 11.7. The monoisotopic (exact) mass is 205 g/mol. The highest BCUT2D eigenvalue weighted by molar-refractivity contribution is 7.90. The molecule has 4 nitrogen and oxygen atoms in total. The van der Waals surface area contributed by atoms with Gasteiger partial charge in [-0.1, -0.05) is 0 Å². The van der Waals surface area contributed by atoms with Crippen LogP contribution in [0, 0.1) is 5.92 Å². The van der Waals surface area contributed by atoms with E-state index in [4.69, 9.17) is 0 Å². The van der Waals surface area contributed by atoms with Gasteiger partial charge in [0.05, 0.1) is 11.4 Å². The van der Waals surface area contributed by atoms with Gasteiger partial charge in [0, 0.05) is 19.5 Å². The Labute approximate surface area is 78.6 Å². The van der Waals surface area contributed by atoms with Gasteiger partial charge in [-0.2, -0.15) is 0 Å². The molecule has 1 heterocycles. The fraction of sp³-hybridized carbons (Fsp3) is 1.00. The summed E-state index contributed by atoms with van der Waals surface area (Å²) in [5, 5.41) is 9.09. The summed E-state index contributed by atoms with van der Waals surface area (Å²) in [6.45, 7) is 0.607. The Morgan fingerprint density at radius 3 is 2.31 bits per heavy atom. The van der Waals surface area contributed by atoms with Crippen molar-refractivity contribution in [2.75, 3.05) is 13.6 Å². The van der Waals surface area contributed by atoms with Gasteiger partial charge in [-0.15, -0.1) is 0 Å². The molecule has 2 rings (SSSR count). The molecular formula is C8H15NO3S. The van der Waals surface area contributed by atoms with Crippen LogP contribution < -0.4 is 0 Å². The summed E-state index contributed by atoms with van der Waals surface area (Å²) >= 11 is 0. The van der Waals surface area contributed by atoms with Crippen molar-refractivity contribution < 1.29 is 13.5 Å². The summed E-state index contributed by atoms with van der Waals surface area (Å²) in [7, 11) is -1.47. The fourth-order valence-corrected chi connectivity index (χ4v) is 4.18. The Morgan fingerprint density at radius 1 is 1.31 bits per heavy atom. The minimum atomic E-state index is -3.09. The van der Waals surface area contributed by atoms with Crippen molar-refractivity contribution in [2.24, 2.45) is 5.92 Å². The van der Waals surface area contributed by atoms with E-state index in [2.05, 4.69) is 0 Å². The molecule has 3 atom stereocenters. The molecule has 1 aliphatic carbocycles. The fourth-order valence-electron chi connectivity index (χ4n) is 2.19. The smallest absolute Gasteiger partial charge is 0.217 e. The van der Waals surface area contributed by atoms with E-state index in [0.717, 1.165) is 12.8 Å². The minimum absolute atomic E-state index is 0.00468. The van der Waals surface area contributed by atoms with Crippen molar-refractivity contribution in [3.05, 3.63) is 0 Å². The number of aliphatic hydroxyl groups is 1. The van der Waals surface area contributed by atoms with Gasteiger partial charge in [0.15, 0.2) is 0 Å². The van der Waals surface area contributed by atoms with Crippen LogP contribution in [-0.4, -0.2) is 42.8 Å². The third-order valence-electron chi connectivity index (χ3n) is 3.31. The number of sulfonamides is 1. The zero-order valence-corrected chi connectivity index (χ0v) is 8.50. The highest BCUT2D eigenvalue weighted by atomic mass is 32.2. The second-order valence-electron chi connectivity index (χ2n) is 4.00. The first-order chi connectivity index (χ1) is 6.03. The van der Waals surface area contributed by atoms with Gasteiger partial charge in [0.25, 0.3) is 0 Å². The second-order valence-corrected chi connectivity index (χ2v) is 6.26. The molecule has 0 aromatic heterocycles. The summed E-state index contributed by atoms with van der Waals surface area (Å²) in [5.74, 6) is -0.00468. The van der Waals surface area contributed by atoms with Gasteiger partial charge in [-0.25, -0.2) is 12.7 Å². The van der Waals surface area contributed by atoms with E-state index in [9.17, 15) is 13.5 Å². The van der Waals surface area contributed by atoms with Gasteiger partial charge in [-0.3, -0.25) is 0 Å². The van der Waals surface area contributed by atoms with Crippen molar-refractivity contribution in [1.82, 2.24) is 4.31 Å². The normalized spacial score (nSPS) is 44.6. The topological polar surface area (TPSA) is 57.6 Å². The Hall–Kier alpha value is -0.130. The third-order valence-corrected chi connectivity index (χ3v) is 5.71. The molecule has 2 fully saturated rings. The molecular weight excluding hydrogens is 190 g/mol. The van der Waals surface area contributed by atoms with Crippen LogP contribution >= 0.6 is 0 Å². The molecule has 1 N–H and O–H groups in total. The third kappa shape index (κ3) is 1.30. The van der Waals surface area contributed by atoms with E-state index in [0.29, 0.717) is 13.0 Å². The van der Waals surface area contributed by atoms with Crippen molar-refractivity contribution >= 4 is 10.0 Å². The lowest BCUT2D eigenvalue weighted by atomic mass is 9.78. The van der Waals surface area contributed by atoms with Crippen LogP contribution in [0.1, 0.15) is 19.3 Å². The molecule has 0 amide bonds. The van der Waals surface area contributed by atoms with Gasteiger partial charge in [0.2, 0.25) is 10.0 Å². The number of aliphatic hydroxyl groups excluding tert-OH is 1. The molecule has 0 aromatic carbocycles. The summed E-state index contributed by atoms with van der Waals surface area (Å²) in [5.41, 5.74) is 0. The van der Waals surface area contributed by atoms with Gasteiger partial charge < -0.3 is 5.11 Å². The number of hydrogen-bond acceptors (Lipinski definition) is 3. The van der Waals surface area contributed by atoms with Gasteiger partial charge >= 0.3 is 0 Å². The second kappa shape index (κ2) is 2.93. The Balaban J connectivity index is 2.17. The van der Waals surface area contributed by atoms with E-state index in [-0.39, 0.29) is 17.3 Å². The molecule has 0 spiro atoms. The van der Waals surface area contributed by atoms with Gasteiger partial charge in [0.1, 0.15) is 0 Å². The standard InChI is InChI=1S/C8H15NO3S/c1-9-5-4-8(13(9,11)12)6-2-3-7(6)10/h6-8,10H,2-5H2,1H3. The van der Waals surface area contributed by atoms with Crippen LogP contribution in [0.3, 0.4) is 0 Å². The molecule has 0 aromatic rings. The maximum atomic E-state index is 11.7. The molecule has 13 heavy (non-hydrogen) atoms. The van der Waals surface area contributed by atoms with E-state index < -0.39 is 10.0 Å². The van der Waals surface area contributed by atoms with Crippen LogP contribution in [0.5, 0.6) is 0 Å². The average molecular weight is 205 g/mol. The largest absolute Gasteiger partial charge is 0.393 e. The first-order valence-corrected chi connectivity index (χ1v) is 6.17. The molecule has 0 bridgehead atoms. The Kier molecular flexibility index (Phi) is 2.13. The highest BCUT2D eigenvalue weighted by Gasteiger charge is 2.47. The van der Waals surface area contributed by atoms with Crippen molar-refractivity contribution in [3.8, 4) is 0 Å². The van der Waals surface area contributed by atoms with E-state index in [1.54, 1.807) is 7.05 Å². The van der Waals surface area contributed by atoms with Crippen molar-refractivity contribution in [2.45, 2.75) is 30.6 Å². The van der Waals surface area contributed by atoms with E-state index >= 15 is 0 Å². The lowest BCUT2D eigenvalue weighted by Gasteiger charge is -2.36. The molecule has 76 valence electrons. The lowest BCUT2D eigenvalue weighted by Crippen LogP contribution is -2.43. The highest BCUT2D eigenvalue weighted by Crippen LogP contribution is 2.38. The van der Waals surface area contributed by atoms with Crippen LogP contribution in [-0.2, 0) is 10.0 Å². The van der Waals surface area contributed by atoms with Crippen LogP contribution in [0.15, 0.2) is 0 Å². The SMILES string of the molecule is CN1CCC(C2CCC2O)S1(=O)=O. The van der Waals surface area contributed by atoms with E-state index in [1.807, 2.05) is 0 Å². The number of rotatable bonds is 1. The van der Waals surface area contributed by atoms with Crippen molar-refractivity contribution in [1.29, 1.82) is 0 Å². The quantitative estimate of drug-likeness (QED) is 0.644. The predicted octanol–water partition coefficient (Wildman–Crippen LogP) is -0.209. The summed E-state index contributed by atoms with van der Waals surface area (Å²) in [6, 6.07) is 0. The van der Waals surface area contributed by atoms with Crippen LogP contribution in [0.4, 0.5) is 0 Å². The molecule has 2 aliphatic rings. The predicted molar refractivity (Wildman–Crippen MR) is 48.7 cm³/mol. The van der Waals surface area contributed by atoms with Crippen molar-refractivity contribution in [3.63, 3.8) is 0 Å². The minimum Gasteiger partial charge on any atom is -0.393 e. The zero-order chi connectivity index (χ0) is 9.64. The zero-order valence-electron chi connectivity index (χ0n) is 7.68. The lowest BCUT2D eigenvalue weighted by molar-refractivity contribution is 0.0219. The summed E-state index contributed by atoms with van der Waals surface area (Å²) in [6.07, 6.45) is 1.92. The average Bonchev–Trinajstić information content (AvgIpc) is 2.29. The molecule has 1 saturated heterocycles. The Morgan fingerprint density at radius 2 is 2.00 bits per heavy atom. The molecule has 0 radical (unpaired) electrons. The summed E-state index contributed by atoms with van der Waals surface area (Å²) < 4.78 is 24.8. The van der Waals surface area contributed by atoms with E-state index in [1.165, 1.54) is 4.31 Å². The molecule has 1 saturated carbocycles. The maximum Gasteiger partial charge on any atom is 0.217 e. The first kappa shape index (κ1) is 9.43. The van der Waals surface area contributed by atoms with Crippen LogP contribution in [0.2, 0.25) is 0 Å². The number of hydrogen-bond donors (Lipinski definition) is 1. The molecule has 1 aliphatic heterocycles. The molecule has 5 heteroatoms. The molecule has 3 unspecified atom stereocenters. The summed E-state index contributed by atoms with van der Waals surface area (Å²) in [4.78, 5) is 0. The number of nitrogens with zero attached hydrogens (tertiary/aromatic N) is 1. The Bertz CT molecular complexity index is 301. The van der Waals surface area contributed by atoms with Gasteiger partial charge in [-0.05, 0) is 19.3 Å². The van der Waals surface area contributed by atoms with Crippen LogP contribution in [0.25, 0.3) is 0 Å². The first-order valence-electron chi connectivity index (χ1n) is 4.66.